The first-order valence-corrected chi connectivity index (χ1v) is 8.36. The van der Waals surface area contributed by atoms with E-state index in [4.69, 9.17) is 17.0 Å². The highest BCUT2D eigenvalue weighted by molar-refractivity contribution is 8.26. The van der Waals surface area contributed by atoms with Crippen molar-refractivity contribution >= 4 is 40.3 Å². The molecule has 1 aromatic carbocycles. The molecule has 1 fully saturated rings. The van der Waals surface area contributed by atoms with E-state index in [2.05, 4.69) is 6.92 Å². The summed E-state index contributed by atoms with van der Waals surface area (Å²) in [5.41, 5.74) is 0.981. The lowest BCUT2D eigenvalue weighted by Gasteiger charge is -2.09. The van der Waals surface area contributed by atoms with Crippen LogP contribution in [0.25, 0.3) is 6.08 Å². The zero-order valence-corrected chi connectivity index (χ0v) is 13.9. The normalized spacial score (nSPS) is 16.9. The van der Waals surface area contributed by atoms with E-state index < -0.39 is 0 Å². The highest BCUT2D eigenvalue weighted by Gasteiger charge is 2.30. The number of hydrogen-bond acceptors (Lipinski definition) is 4. The number of thiocarbonyl (C=S) groups is 1. The molecule has 1 amide bonds. The van der Waals surface area contributed by atoms with Crippen molar-refractivity contribution < 1.29 is 9.53 Å². The van der Waals surface area contributed by atoms with Gasteiger partial charge in [0.15, 0.2) is 0 Å². The minimum absolute atomic E-state index is 0.00391. The van der Waals surface area contributed by atoms with Crippen molar-refractivity contribution in [2.24, 2.45) is 0 Å². The Labute approximate surface area is 135 Å². The van der Waals surface area contributed by atoms with Gasteiger partial charge >= 0.3 is 0 Å². The Hall–Kier alpha value is -1.33. The van der Waals surface area contributed by atoms with E-state index in [0.29, 0.717) is 15.8 Å². The van der Waals surface area contributed by atoms with Crippen molar-refractivity contribution in [2.75, 3.05) is 13.2 Å². The van der Waals surface area contributed by atoms with Gasteiger partial charge in [0.25, 0.3) is 5.91 Å². The number of likely N-dealkylation sites (N-methyl/N-ethyl adjacent to an activating group) is 1. The van der Waals surface area contributed by atoms with Gasteiger partial charge in [-0.15, -0.1) is 0 Å². The average molecular weight is 321 g/mol. The smallest absolute Gasteiger partial charge is 0.266 e. The lowest BCUT2D eigenvalue weighted by atomic mass is 10.2. The molecule has 0 N–H and O–H groups in total. The summed E-state index contributed by atoms with van der Waals surface area (Å²) >= 11 is 6.56. The Kier molecular flexibility index (Phi) is 5.82. The van der Waals surface area contributed by atoms with Crippen LogP contribution in [0.1, 0.15) is 32.3 Å². The Morgan fingerprint density at radius 3 is 2.57 bits per heavy atom. The molecule has 1 aliphatic heterocycles. The molecule has 1 aliphatic rings. The molecule has 2 rings (SSSR count). The Balaban J connectivity index is 2.04. The Bertz CT molecular complexity index is 552. The van der Waals surface area contributed by atoms with Gasteiger partial charge in [0, 0.05) is 6.54 Å². The minimum Gasteiger partial charge on any atom is -0.494 e. The molecule has 0 bridgehead atoms. The van der Waals surface area contributed by atoms with Gasteiger partial charge in [0.05, 0.1) is 11.5 Å². The molecular weight excluding hydrogens is 302 g/mol. The molecule has 0 aromatic heterocycles. The van der Waals surface area contributed by atoms with Crippen molar-refractivity contribution in [2.45, 2.75) is 26.7 Å². The topological polar surface area (TPSA) is 29.5 Å². The molecule has 1 heterocycles. The number of carbonyl (C=O) groups excluding carboxylic acids is 1. The maximum absolute atomic E-state index is 12.1. The van der Waals surface area contributed by atoms with Crippen LogP contribution in [0.2, 0.25) is 0 Å². The number of hydrogen-bond donors (Lipinski definition) is 0. The van der Waals surface area contributed by atoms with Gasteiger partial charge < -0.3 is 4.74 Å². The van der Waals surface area contributed by atoms with Gasteiger partial charge in [-0.1, -0.05) is 49.5 Å². The van der Waals surface area contributed by atoms with Crippen LogP contribution >= 0.6 is 24.0 Å². The summed E-state index contributed by atoms with van der Waals surface area (Å²) in [6, 6.07) is 7.78. The number of rotatable bonds is 6. The summed E-state index contributed by atoms with van der Waals surface area (Å²) in [5.74, 6) is 0.859. The number of thioether (sulfide) groups is 1. The minimum atomic E-state index is -0.00391. The zero-order valence-electron chi connectivity index (χ0n) is 12.3. The lowest BCUT2D eigenvalue weighted by molar-refractivity contribution is -0.121. The second-order valence-electron chi connectivity index (χ2n) is 4.70. The molecule has 0 saturated carbocycles. The lowest BCUT2D eigenvalue weighted by Crippen LogP contribution is -2.27. The highest BCUT2D eigenvalue weighted by Crippen LogP contribution is 2.32. The fourth-order valence-corrected chi connectivity index (χ4v) is 3.30. The fraction of sp³-hybridized carbons (Fsp3) is 0.375. The molecule has 1 aromatic rings. The molecule has 0 aliphatic carbocycles. The van der Waals surface area contributed by atoms with Gasteiger partial charge in [-0.3, -0.25) is 9.69 Å². The average Bonchev–Trinajstić information content (AvgIpc) is 2.75. The molecule has 0 radical (unpaired) electrons. The van der Waals surface area contributed by atoms with Gasteiger partial charge in [-0.05, 0) is 37.1 Å². The molecule has 1 saturated heterocycles. The summed E-state index contributed by atoms with van der Waals surface area (Å²) in [6.07, 6.45) is 4.06. The molecule has 0 unspecified atom stereocenters. The predicted octanol–water partition coefficient (Wildman–Crippen LogP) is 4.09. The van der Waals surface area contributed by atoms with Crippen LogP contribution in [0.15, 0.2) is 29.2 Å². The van der Waals surface area contributed by atoms with E-state index in [9.17, 15) is 4.79 Å². The molecule has 112 valence electrons. The van der Waals surface area contributed by atoms with Gasteiger partial charge in [0.2, 0.25) is 0 Å². The van der Waals surface area contributed by atoms with Crippen LogP contribution in [0.5, 0.6) is 5.75 Å². The monoisotopic (exact) mass is 321 g/mol. The largest absolute Gasteiger partial charge is 0.494 e. The van der Waals surface area contributed by atoms with E-state index in [0.717, 1.165) is 30.8 Å². The molecule has 0 atom stereocenters. The summed E-state index contributed by atoms with van der Waals surface area (Å²) < 4.78 is 6.25. The van der Waals surface area contributed by atoms with E-state index in [1.165, 1.54) is 11.8 Å². The van der Waals surface area contributed by atoms with Crippen molar-refractivity contribution in [1.29, 1.82) is 0 Å². The van der Waals surface area contributed by atoms with Crippen LogP contribution in [-0.4, -0.2) is 28.3 Å². The fourth-order valence-electron chi connectivity index (χ4n) is 1.92. The summed E-state index contributed by atoms with van der Waals surface area (Å²) in [6.45, 7) is 5.42. The second-order valence-corrected chi connectivity index (χ2v) is 6.37. The first kappa shape index (κ1) is 16.0. The second kappa shape index (κ2) is 7.61. The number of nitrogens with zero attached hydrogens (tertiary/aromatic N) is 1. The van der Waals surface area contributed by atoms with E-state index >= 15 is 0 Å². The number of amides is 1. The van der Waals surface area contributed by atoms with Gasteiger partial charge in [-0.2, -0.15) is 0 Å². The number of unbranched alkanes of at least 4 members (excludes halogenated alkanes) is 1. The summed E-state index contributed by atoms with van der Waals surface area (Å²) in [7, 11) is 0. The summed E-state index contributed by atoms with van der Waals surface area (Å²) in [4.78, 5) is 14.4. The highest BCUT2D eigenvalue weighted by atomic mass is 32.2. The van der Waals surface area contributed by atoms with E-state index in [1.54, 1.807) is 4.90 Å². The van der Waals surface area contributed by atoms with Crippen LogP contribution in [0, 0.1) is 0 Å². The third-order valence-electron chi connectivity index (χ3n) is 3.13. The maximum atomic E-state index is 12.1. The first-order valence-electron chi connectivity index (χ1n) is 7.14. The van der Waals surface area contributed by atoms with Crippen LogP contribution in [-0.2, 0) is 4.79 Å². The third kappa shape index (κ3) is 4.08. The van der Waals surface area contributed by atoms with Crippen LogP contribution in [0.4, 0.5) is 0 Å². The van der Waals surface area contributed by atoms with E-state index in [-0.39, 0.29) is 5.91 Å². The van der Waals surface area contributed by atoms with Gasteiger partial charge in [0.1, 0.15) is 10.1 Å². The predicted molar refractivity (Wildman–Crippen MR) is 92.4 cm³/mol. The van der Waals surface area contributed by atoms with E-state index in [1.807, 2.05) is 37.3 Å². The Morgan fingerprint density at radius 1 is 1.29 bits per heavy atom. The standard InChI is InChI=1S/C16H19NO2S2/c1-3-5-10-19-13-8-6-12(7-9-13)11-14-15(18)17(4-2)16(20)21-14/h6-9,11H,3-5,10H2,1-2H3. The zero-order chi connectivity index (χ0) is 15.2. The van der Waals surface area contributed by atoms with Crippen molar-refractivity contribution in [3.05, 3.63) is 34.7 Å². The van der Waals surface area contributed by atoms with Crippen molar-refractivity contribution in [3.63, 3.8) is 0 Å². The Morgan fingerprint density at radius 2 is 2.00 bits per heavy atom. The molecule has 0 spiro atoms. The van der Waals surface area contributed by atoms with Crippen LogP contribution < -0.4 is 4.74 Å². The number of ether oxygens (including phenoxy) is 1. The molecular formula is C16H19NO2S2. The van der Waals surface area contributed by atoms with Crippen molar-refractivity contribution in [3.8, 4) is 5.75 Å². The molecule has 5 heteroatoms. The third-order valence-corrected chi connectivity index (χ3v) is 4.51. The first-order chi connectivity index (χ1) is 10.2. The quantitative estimate of drug-likeness (QED) is 0.448. The van der Waals surface area contributed by atoms with Crippen molar-refractivity contribution in [1.82, 2.24) is 4.90 Å². The number of carbonyl (C=O) groups is 1. The molecule has 3 nitrogen and oxygen atoms in total. The SMILES string of the molecule is CCCCOc1ccc(C=C2SC(=S)N(CC)C2=O)cc1. The van der Waals surface area contributed by atoms with Gasteiger partial charge in [-0.25, -0.2) is 0 Å². The number of benzene rings is 1. The maximum Gasteiger partial charge on any atom is 0.266 e. The molecule has 21 heavy (non-hydrogen) atoms. The van der Waals surface area contributed by atoms with Crippen LogP contribution in [0.3, 0.4) is 0 Å². The summed E-state index contributed by atoms with van der Waals surface area (Å²) in [5, 5.41) is 0.